The molecule has 0 bridgehead atoms. The van der Waals surface area contributed by atoms with Crippen LogP contribution in [0.5, 0.6) is 5.75 Å². The van der Waals surface area contributed by atoms with Crippen LogP contribution in [0.1, 0.15) is 37.0 Å². The van der Waals surface area contributed by atoms with E-state index in [4.69, 9.17) is 10.5 Å². The minimum atomic E-state index is 0.167. The minimum Gasteiger partial charge on any atom is -0.490 e. The summed E-state index contributed by atoms with van der Waals surface area (Å²) in [6.45, 7) is 10.4. The molecule has 2 nitrogen and oxygen atoms in total. The molecule has 90 valence electrons. The maximum Gasteiger partial charge on any atom is 0.123 e. The van der Waals surface area contributed by atoms with E-state index in [2.05, 4.69) is 39.8 Å². The van der Waals surface area contributed by atoms with E-state index in [1.807, 2.05) is 6.92 Å². The summed E-state index contributed by atoms with van der Waals surface area (Å²) < 4.78 is 5.94. The zero-order valence-corrected chi connectivity index (χ0v) is 11.0. The van der Waals surface area contributed by atoms with Crippen LogP contribution < -0.4 is 10.5 Å². The van der Waals surface area contributed by atoms with Crippen LogP contribution in [0.3, 0.4) is 0 Å². The molecule has 0 radical (unpaired) electrons. The van der Waals surface area contributed by atoms with Crippen molar-refractivity contribution in [1.82, 2.24) is 0 Å². The van der Waals surface area contributed by atoms with E-state index in [1.54, 1.807) is 0 Å². The first-order chi connectivity index (χ1) is 7.40. The lowest BCUT2D eigenvalue weighted by Gasteiger charge is -2.19. The van der Waals surface area contributed by atoms with Crippen LogP contribution in [0, 0.1) is 20.8 Å². The van der Waals surface area contributed by atoms with Crippen LogP contribution in [-0.4, -0.2) is 12.1 Å². The predicted octanol–water partition coefficient (Wildman–Crippen LogP) is 3.12. The normalized spacial score (nSPS) is 14.6. The summed E-state index contributed by atoms with van der Waals surface area (Å²) in [7, 11) is 0. The Morgan fingerprint density at radius 2 is 1.81 bits per heavy atom. The summed E-state index contributed by atoms with van der Waals surface area (Å²) in [5.41, 5.74) is 9.51. The molecule has 2 heteroatoms. The monoisotopic (exact) mass is 221 g/mol. The molecule has 0 aliphatic rings. The highest BCUT2D eigenvalue weighted by atomic mass is 16.5. The number of benzene rings is 1. The Labute approximate surface area is 98.8 Å². The Morgan fingerprint density at radius 3 is 2.38 bits per heavy atom. The van der Waals surface area contributed by atoms with Gasteiger partial charge in [0.25, 0.3) is 0 Å². The molecular formula is C14H23NO. The molecule has 16 heavy (non-hydrogen) atoms. The molecule has 0 aliphatic heterocycles. The molecule has 0 spiro atoms. The Bertz CT molecular complexity index is 358. The van der Waals surface area contributed by atoms with E-state index < -0.39 is 0 Å². The SMILES string of the molecule is Cc1cc(C)c(C)c(OC(C)CC(C)N)c1. The van der Waals surface area contributed by atoms with Crippen LogP contribution >= 0.6 is 0 Å². The molecule has 1 aromatic carbocycles. The van der Waals surface area contributed by atoms with Crippen molar-refractivity contribution >= 4 is 0 Å². The molecule has 2 atom stereocenters. The average molecular weight is 221 g/mol. The summed E-state index contributed by atoms with van der Waals surface area (Å²) in [5, 5.41) is 0. The van der Waals surface area contributed by atoms with Crippen LogP contribution in [0.2, 0.25) is 0 Å². The lowest BCUT2D eigenvalue weighted by Crippen LogP contribution is -2.24. The second-order valence-corrected chi connectivity index (χ2v) is 4.85. The Kier molecular flexibility index (Phi) is 4.36. The number of nitrogens with two attached hydrogens (primary N) is 1. The third kappa shape index (κ3) is 3.53. The largest absolute Gasteiger partial charge is 0.490 e. The van der Waals surface area contributed by atoms with Crippen molar-refractivity contribution in [3.8, 4) is 5.75 Å². The fourth-order valence-electron chi connectivity index (χ4n) is 1.91. The van der Waals surface area contributed by atoms with Crippen molar-refractivity contribution in [1.29, 1.82) is 0 Å². The molecule has 0 aromatic heterocycles. The summed E-state index contributed by atoms with van der Waals surface area (Å²) in [5.74, 6) is 0.991. The quantitative estimate of drug-likeness (QED) is 0.848. The van der Waals surface area contributed by atoms with E-state index in [0.29, 0.717) is 0 Å². The fourth-order valence-corrected chi connectivity index (χ4v) is 1.91. The molecule has 0 fully saturated rings. The maximum atomic E-state index is 5.94. The Balaban J connectivity index is 2.80. The third-order valence-electron chi connectivity index (χ3n) is 2.80. The van der Waals surface area contributed by atoms with Gasteiger partial charge in [0.2, 0.25) is 0 Å². The Hall–Kier alpha value is -1.02. The van der Waals surface area contributed by atoms with Crippen molar-refractivity contribution < 1.29 is 4.74 Å². The lowest BCUT2D eigenvalue weighted by atomic mass is 10.1. The number of ether oxygens (including phenoxy) is 1. The van der Waals surface area contributed by atoms with Crippen molar-refractivity contribution in [3.63, 3.8) is 0 Å². The molecule has 0 amide bonds. The number of hydrogen-bond acceptors (Lipinski definition) is 2. The van der Waals surface area contributed by atoms with Crippen LogP contribution in [0.15, 0.2) is 12.1 Å². The smallest absolute Gasteiger partial charge is 0.123 e. The van der Waals surface area contributed by atoms with Crippen LogP contribution in [0.25, 0.3) is 0 Å². The lowest BCUT2D eigenvalue weighted by molar-refractivity contribution is 0.201. The number of rotatable bonds is 4. The molecule has 2 N–H and O–H groups in total. The van der Waals surface area contributed by atoms with Crippen molar-refractivity contribution in [2.75, 3.05) is 0 Å². The predicted molar refractivity (Wildman–Crippen MR) is 69.0 cm³/mol. The topological polar surface area (TPSA) is 35.2 Å². The van der Waals surface area contributed by atoms with Gasteiger partial charge in [0.05, 0.1) is 6.10 Å². The van der Waals surface area contributed by atoms with Crippen LogP contribution in [-0.2, 0) is 0 Å². The molecule has 2 unspecified atom stereocenters. The zero-order valence-electron chi connectivity index (χ0n) is 11.0. The summed E-state index contributed by atoms with van der Waals surface area (Å²) in [4.78, 5) is 0. The molecule has 0 saturated carbocycles. The molecular weight excluding hydrogens is 198 g/mol. The van der Waals surface area contributed by atoms with E-state index in [1.165, 1.54) is 16.7 Å². The molecule has 0 aliphatic carbocycles. The van der Waals surface area contributed by atoms with Crippen molar-refractivity contribution in [3.05, 3.63) is 28.8 Å². The summed E-state index contributed by atoms with van der Waals surface area (Å²) in [6.07, 6.45) is 1.05. The van der Waals surface area contributed by atoms with E-state index in [0.717, 1.165) is 12.2 Å². The highest BCUT2D eigenvalue weighted by Crippen LogP contribution is 2.24. The highest BCUT2D eigenvalue weighted by molar-refractivity contribution is 5.42. The van der Waals surface area contributed by atoms with Gasteiger partial charge in [0, 0.05) is 6.04 Å². The van der Waals surface area contributed by atoms with Gasteiger partial charge in [-0.3, -0.25) is 0 Å². The van der Waals surface area contributed by atoms with Gasteiger partial charge in [-0.1, -0.05) is 6.07 Å². The van der Waals surface area contributed by atoms with Gasteiger partial charge in [-0.05, 0) is 63.8 Å². The third-order valence-corrected chi connectivity index (χ3v) is 2.80. The Morgan fingerprint density at radius 1 is 1.19 bits per heavy atom. The summed E-state index contributed by atoms with van der Waals surface area (Å²) in [6, 6.07) is 4.46. The van der Waals surface area contributed by atoms with Gasteiger partial charge in [-0.15, -0.1) is 0 Å². The molecule has 1 rings (SSSR count). The second-order valence-electron chi connectivity index (χ2n) is 4.85. The highest BCUT2D eigenvalue weighted by Gasteiger charge is 2.10. The van der Waals surface area contributed by atoms with Crippen molar-refractivity contribution in [2.24, 2.45) is 5.73 Å². The standard InChI is InChI=1S/C14H23NO/c1-9-6-10(2)13(5)14(7-9)16-12(4)8-11(3)15/h6-7,11-12H,8,15H2,1-5H3. The van der Waals surface area contributed by atoms with E-state index >= 15 is 0 Å². The number of hydrogen-bond donors (Lipinski definition) is 1. The molecule has 0 heterocycles. The van der Waals surface area contributed by atoms with Gasteiger partial charge >= 0.3 is 0 Å². The van der Waals surface area contributed by atoms with Crippen LogP contribution in [0.4, 0.5) is 0 Å². The fraction of sp³-hybridized carbons (Fsp3) is 0.571. The van der Waals surface area contributed by atoms with E-state index in [9.17, 15) is 0 Å². The van der Waals surface area contributed by atoms with Crippen molar-refractivity contribution in [2.45, 2.75) is 53.2 Å². The summed E-state index contributed by atoms with van der Waals surface area (Å²) >= 11 is 0. The van der Waals surface area contributed by atoms with Gasteiger partial charge < -0.3 is 10.5 Å². The second kappa shape index (κ2) is 5.35. The molecule has 1 aromatic rings. The first-order valence-electron chi connectivity index (χ1n) is 5.90. The minimum absolute atomic E-state index is 0.167. The first-order valence-corrected chi connectivity index (χ1v) is 5.90. The zero-order chi connectivity index (χ0) is 12.3. The van der Waals surface area contributed by atoms with E-state index in [-0.39, 0.29) is 12.1 Å². The first kappa shape index (κ1) is 13.0. The van der Waals surface area contributed by atoms with Gasteiger partial charge in [-0.2, -0.15) is 0 Å². The maximum absolute atomic E-state index is 5.94. The average Bonchev–Trinajstić information content (AvgIpc) is 2.11. The number of aryl methyl sites for hydroxylation is 2. The van der Waals surface area contributed by atoms with Gasteiger partial charge in [0.15, 0.2) is 0 Å². The van der Waals surface area contributed by atoms with Gasteiger partial charge in [0.1, 0.15) is 5.75 Å². The molecule has 0 saturated heterocycles. The van der Waals surface area contributed by atoms with Gasteiger partial charge in [-0.25, -0.2) is 0 Å².